The summed E-state index contributed by atoms with van der Waals surface area (Å²) < 4.78 is 5.66. The lowest BCUT2D eigenvalue weighted by Gasteiger charge is -2.09. The van der Waals surface area contributed by atoms with E-state index in [9.17, 15) is 0 Å². The molecule has 0 atom stereocenters. The topological polar surface area (TPSA) is 48.1 Å². The van der Waals surface area contributed by atoms with E-state index in [4.69, 9.17) is 22.1 Å². The molecule has 0 aliphatic carbocycles. The molecule has 1 aromatic heterocycles. The van der Waals surface area contributed by atoms with Crippen LogP contribution >= 0.6 is 11.6 Å². The Hall–Kier alpha value is -1.74. The fourth-order valence-electron chi connectivity index (χ4n) is 1.50. The zero-order chi connectivity index (χ0) is 12.3. The van der Waals surface area contributed by atoms with Crippen LogP contribution < -0.4 is 10.5 Å². The Morgan fingerprint density at radius 1 is 1.29 bits per heavy atom. The molecule has 0 saturated heterocycles. The third-order valence-corrected chi connectivity index (χ3v) is 2.59. The van der Waals surface area contributed by atoms with Gasteiger partial charge in [-0.2, -0.15) is 0 Å². The quantitative estimate of drug-likeness (QED) is 0.907. The second-order valence-corrected chi connectivity index (χ2v) is 4.22. The van der Waals surface area contributed by atoms with Gasteiger partial charge in [-0.15, -0.1) is 0 Å². The molecule has 0 radical (unpaired) electrons. The van der Waals surface area contributed by atoms with Crippen LogP contribution in [-0.4, -0.2) is 4.98 Å². The minimum absolute atomic E-state index is 0.396. The van der Waals surface area contributed by atoms with Crippen LogP contribution in [0.3, 0.4) is 0 Å². The van der Waals surface area contributed by atoms with Gasteiger partial charge in [-0.25, -0.2) is 0 Å². The zero-order valence-corrected chi connectivity index (χ0v) is 10.2. The first-order valence-electron chi connectivity index (χ1n) is 5.24. The molecule has 17 heavy (non-hydrogen) atoms. The van der Waals surface area contributed by atoms with Crippen molar-refractivity contribution >= 4 is 17.3 Å². The largest absolute Gasteiger partial charge is 0.487 e. The Morgan fingerprint density at radius 3 is 2.82 bits per heavy atom. The molecule has 0 unspecified atom stereocenters. The molecule has 2 rings (SSSR count). The van der Waals surface area contributed by atoms with E-state index >= 15 is 0 Å². The van der Waals surface area contributed by atoms with E-state index < -0.39 is 0 Å². The number of nitrogen functional groups attached to an aromatic ring is 1. The molecular formula is C13H13ClN2O. The zero-order valence-electron chi connectivity index (χ0n) is 9.48. The Morgan fingerprint density at radius 2 is 2.12 bits per heavy atom. The first kappa shape index (κ1) is 11.7. The van der Waals surface area contributed by atoms with Crippen LogP contribution in [0.5, 0.6) is 5.75 Å². The molecule has 0 fully saturated rings. The predicted octanol–water partition coefficient (Wildman–Crippen LogP) is 3.20. The summed E-state index contributed by atoms with van der Waals surface area (Å²) in [7, 11) is 0. The van der Waals surface area contributed by atoms with Crippen LogP contribution in [0.25, 0.3) is 0 Å². The number of rotatable bonds is 3. The number of aromatic nitrogens is 1. The van der Waals surface area contributed by atoms with Crippen molar-refractivity contribution in [2.75, 3.05) is 5.73 Å². The molecular weight excluding hydrogens is 236 g/mol. The van der Waals surface area contributed by atoms with Gasteiger partial charge in [0.15, 0.2) is 0 Å². The first-order valence-corrected chi connectivity index (χ1v) is 5.62. The van der Waals surface area contributed by atoms with Crippen LogP contribution in [0, 0.1) is 6.92 Å². The number of halogens is 1. The van der Waals surface area contributed by atoms with Gasteiger partial charge in [0.2, 0.25) is 0 Å². The van der Waals surface area contributed by atoms with Gasteiger partial charge in [0.1, 0.15) is 12.4 Å². The normalized spacial score (nSPS) is 10.2. The van der Waals surface area contributed by atoms with E-state index in [1.54, 1.807) is 24.4 Å². The average Bonchev–Trinajstić information content (AvgIpc) is 2.28. The summed E-state index contributed by atoms with van der Waals surface area (Å²) in [4.78, 5) is 4.17. The van der Waals surface area contributed by atoms with Crippen molar-refractivity contribution in [3.63, 3.8) is 0 Å². The lowest BCUT2D eigenvalue weighted by molar-refractivity contribution is 0.299. The lowest BCUT2D eigenvalue weighted by atomic mass is 10.2. The molecule has 4 heteroatoms. The fourth-order valence-corrected chi connectivity index (χ4v) is 1.73. The maximum absolute atomic E-state index is 5.87. The number of pyridine rings is 1. The third kappa shape index (κ3) is 3.11. The highest BCUT2D eigenvalue weighted by atomic mass is 35.5. The predicted molar refractivity (Wildman–Crippen MR) is 69.2 cm³/mol. The van der Waals surface area contributed by atoms with Crippen LogP contribution in [0.1, 0.15) is 11.3 Å². The minimum Gasteiger partial charge on any atom is -0.487 e. The smallest absolute Gasteiger partial charge is 0.130 e. The number of aryl methyl sites for hydroxylation is 1. The van der Waals surface area contributed by atoms with Crippen LogP contribution in [-0.2, 0) is 6.61 Å². The fraction of sp³-hybridized carbons (Fsp3) is 0.154. The third-order valence-electron chi connectivity index (χ3n) is 2.35. The summed E-state index contributed by atoms with van der Waals surface area (Å²) in [5, 5.41) is 0.705. The summed E-state index contributed by atoms with van der Waals surface area (Å²) in [6.07, 6.45) is 1.67. The molecule has 88 valence electrons. The molecule has 2 N–H and O–H groups in total. The number of ether oxygens (including phenoxy) is 1. The second kappa shape index (κ2) is 5.06. The van der Waals surface area contributed by atoms with Gasteiger partial charge < -0.3 is 10.5 Å². The number of anilines is 1. The van der Waals surface area contributed by atoms with Gasteiger partial charge in [0.25, 0.3) is 0 Å². The van der Waals surface area contributed by atoms with Crippen LogP contribution in [0.15, 0.2) is 36.5 Å². The number of nitrogens with two attached hydrogens (primary N) is 1. The van der Waals surface area contributed by atoms with E-state index in [0.29, 0.717) is 17.3 Å². The molecule has 0 saturated carbocycles. The van der Waals surface area contributed by atoms with Crippen LogP contribution in [0.4, 0.5) is 5.69 Å². The Bertz CT molecular complexity index is 529. The summed E-state index contributed by atoms with van der Waals surface area (Å²) in [6.45, 7) is 2.35. The van der Waals surface area contributed by atoms with Crippen molar-refractivity contribution < 1.29 is 4.74 Å². The maximum atomic E-state index is 5.87. The molecule has 0 aliphatic rings. The Balaban J connectivity index is 2.07. The molecule has 3 nitrogen and oxygen atoms in total. The average molecular weight is 249 g/mol. The van der Waals surface area contributed by atoms with E-state index in [1.807, 2.05) is 19.1 Å². The highest BCUT2D eigenvalue weighted by Gasteiger charge is 2.02. The molecule has 2 aromatic rings. The van der Waals surface area contributed by atoms with Crippen molar-refractivity contribution in [3.05, 3.63) is 52.8 Å². The van der Waals surface area contributed by atoms with Gasteiger partial charge in [0.05, 0.1) is 5.69 Å². The second-order valence-electron chi connectivity index (χ2n) is 3.78. The number of nitrogens with zero attached hydrogens (tertiary/aromatic N) is 1. The number of hydrogen-bond donors (Lipinski definition) is 1. The van der Waals surface area contributed by atoms with Crippen molar-refractivity contribution in [2.24, 2.45) is 0 Å². The van der Waals surface area contributed by atoms with Crippen molar-refractivity contribution in [3.8, 4) is 5.75 Å². The van der Waals surface area contributed by atoms with Gasteiger partial charge in [-0.3, -0.25) is 4.98 Å². The van der Waals surface area contributed by atoms with E-state index in [1.165, 1.54) is 0 Å². The SMILES string of the molecule is Cc1cc(Cl)ccc1OCc1cc(N)ccn1. The first-order chi connectivity index (χ1) is 8.15. The van der Waals surface area contributed by atoms with E-state index in [0.717, 1.165) is 17.0 Å². The molecule has 1 heterocycles. The summed E-state index contributed by atoms with van der Waals surface area (Å²) in [6, 6.07) is 9.06. The van der Waals surface area contributed by atoms with Gasteiger partial charge in [0, 0.05) is 16.9 Å². The summed E-state index contributed by atoms with van der Waals surface area (Å²) in [5.41, 5.74) is 8.16. The van der Waals surface area contributed by atoms with E-state index in [-0.39, 0.29) is 0 Å². The highest BCUT2D eigenvalue weighted by molar-refractivity contribution is 6.30. The van der Waals surface area contributed by atoms with Gasteiger partial charge in [-0.1, -0.05) is 11.6 Å². The summed E-state index contributed by atoms with van der Waals surface area (Å²) in [5.74, 6) is 0.804. The van der Waals surface area contributed by atoms with Gasteiger partial charge in [-0.05, 0) is 42.8 Å². The molecule has 1 aromatic carbocycles. The highest BCUT2D eigenvalue weighted by Crippen LogP contribution is 2.22. The van der Waals surface area contributed by atoms with Crippen molar-refractivity contribution in [1.29, 1.82) is 0 Å². The number of hydrogen-bond acceptors (Lipinski definition) is 3. The van der Waals surface area contributed by atoms with Gasteiger partial charge >= 0.3 is 0 Å². The Kier molecular flexibility index (Phi) is 3.49. The van der Waals surface area contributed by atoms with E-state index in [2.05, 4.69) is 4.98 Å². The monoisotopic (exact) mass is 248 g/mol. The Labute approximate surface area is 105 Å². The maximum Gasteiger partial charge on any atom is 0.130 e. The van der Waals surface area contributed by atoms with Crippen molar-refractivity contribution in [2.45, 2.75) is 13.5 Å². The minimum atomic E-state index is 0.396. The number of benzene rings is 1. The van der Waals surface area contributed by atoms with Crippen molar-refractivity contribution in [1.82, 2.24) is 4.98 Å². The summed E-state index contributed by atoms with van der Waals surface area (Å²) >= 11 is 5.87. The lowest BCUT2D eigenvalue weighted by Crippen LogP contribution is -2.00. The standard InChI is InChI=1S/C13H13ClN2O/c1-9-6-10(14)2-3-13(9)17-8-12-7-11(15)4-5-16-12/h2-7H,8H2,1H3,(H2,15,16). The molecule has 0 bridgehead atoms. The van der Waals surface area contributed by atoms with Crippen LogP contribution in [0.2, 0.25) is 5.02 Å². The molecule has 0 aliphatic heterocycles. The molecule has 0 spiro atoms. The molecule has 0 amide bonds.